The summed E-state index contributed by atoms with van der Waals surface area (Å²) in [6.07, 6.45) is -0.405. The molecule has 1 aliphatic heterocycles. The fourth-order valence-corrected chi connectivity index (χ4v) is 4.51. The maximum Gasteiger partial charge on any atom is 0.331 e. The lowest BCUT2D eigenvalue weighted by Crippen LogP contribution is -2.37. The van der Waals surface area contributed by atoms with Crippen LogP contribution in [0.25, 0.3) is 22.2 Å². The predicted octanol–water partition coefficient (Wildman–Crippen LogP) is 2.83. The van der Waals surface area contributed by atoms with E-state index in [1.165, 1.54) is 11.6 Å². The number of aryl methyl sites for hydroxylation is 1. The quantitative estimate of drug-likeness (QED) is 0.514. The summed E-state index contributed by atoms with van der Waals surface area (Å²) in [5.74, 6) is 0.756. The molecule has 7 nitrogen and oxygen atoms in total. The predicted molar refractivity (Wildman–Crippen MR) is 119 cm³/mol. The van der Waals surface area contributed by atoms with E-state index in [1.807, 2.05) is 54.6 Å². The summed E-state index contributed by atoms with van der Waals surface area (Å²) >= 11 is 0. The molecule has 4 aromatic rings. The Morgan fingerprint density at radius 2 is 1.68 bits per heavy atom. The van der Waals surface area contributed by atoms with E-state index in [1.54, 1.807) is 18.7 Å². The minimum atomic E-state index is -0.405. The molecule has 5 rings (SSSR count). The number of aromatic nitrogens is 3. The van der Waals surface area contributed by atoms with E-state index in [4.69, 9.17) is 9.47 Å². The lowest BCUT2D eigenvalue weighted by atomic mass is 10.0. The van der Waals surface area contributed by atoms with Gasteiger partial charge in [0, 0.05) is 20.6 Å². The molecule has 0 saturated heterocycles. The summed E-state index contributed by atoms with van der Waals surface area (Å²) in [7, 11) is 4.86. The molecule has 1 aliphatic rings. The van der Waals surface area contributed by atoms with Crippen molar-refractivity contribution in [3.05, 3.63) is 86.7 Å². The Morgan fingerprint density at radius 1 is 0.968 bits per heavy atom. The van der Waals surface area contributed by atoms with Crippen LogP contribution in [0, 0.1) is 0 Å². The summed E-state index contributed by atoms with van der Waals surface area (Å²) in [5.41, 5.74) is 3.48. The van der Waals surface area contributed by atoms with Gasteiger partial charge < -0.3 is 14.0 Å². The molecule has 2 aromatic carbocycles. The van der Waals surface area contributed by atoms with Crippen molar-refractivity contribution in [3.63, 3.8) is 0 Å². The Balaban J connectivity index is 1.90. The van der Waals surface area contributed by atoms with Gasteiger partial charge in [-0.05, 0) is 23.3 Å². The van der Waals surface area contributed by atoms with Crippen LogP contribution < -0.4 is 16.0 Å². The Hall–Kier alpha value is -3.58. The number of rotatable bonds is 3. The van der Waals surface area contributed by atoms with E-state index < -0.39 is 6.10 Å². The molecule has 1 atom stereocenters. The maximum atomic E-state index is 13.3. The molecular weight excluding hydrogens is 394 g/mol. The van der Waals surface area contributed by atoms with Gasteiger partial charge in [-0.3, -0.25) is 13.9 Å². The van der Waals surface area contributed by atoms with Gasteiger partial charge in [0.25, 0.3) is 5.56 Å². The van der Waals surface area contributed by atoms with Gasteiger partial charge in [-0.15, -0.1) is 0 Å². The van der Waals surface area contributed by atoms with E-state index in [2.05, 4.69) is 4.57 Å². The number of nitrogens with zero attached hydrogens (tertiary/aromatic N) is 3. The van der Waals surface area contributed by atoms with Gasteiger partial charge >= 0.3 is 5.69 Å². The van der Waals surface area contributed by atoms with Crippen molar-refractivity contribution in [3.8, 4) is 17.0 Å². The second-order valence-corrected chi connectivity index (χ2v) is 7.70. The highest BCUT2D eigenvalue weighted by atomic mass is 16.5. The zero-order valence-electron chi connectivity index (χ0n) is 17.7. The molecule has 0 amide bonds. The number of ether oxygens (including phenoxy) is 2. The largest absolute Gasteiger partial charge is 0.497 e. The van der Waals surface area contributed by atoms with Gasteiger partial charge in [-0.1, -0.05) is 42.5 Å². The molecular formula is C24H23N3O4. The fourth-order valence-electron chi connectivity index (χ4n) is 4.51. The number of fused-ring (bicyclic) bond motifs is 3. The third kappa shape index (κ3) is 2.84. The van der Waals surface area contributed by atoms with Crippen LogP contribution in [0.5, 0.6) is 5.75 Å². The van der Waals surface area contributed by atoms with Crippen LogP contribution in [-0.4, -0.2) is 27.4 Å². The minimum Gasteiger partial charge on any atom is -0.497 e. The average Bonchev–Trinajstić information content (AvgIpc) is 3.17. The Kier molecular flexibility index (Phi) is 4.55. The van der Waals surface area contributed by atoms with E-state index in [-0.39, 0.29) is 11.2 Å². The molecule has 0 radical (unpaired) electrons. The molecule has 158 valence electrons. The number of methoxy groups -OCH3 is 1. The zero-order valence-corrected chi connectivity index (χ0v) is 17.7. The second kappa shape index (κ2) is 7.28. The first kappa shape index (κ1) is 19.4. The van der Waals surface area contributed by atoms with Crippen molar-refractivity contribution in [1.82, 2.24) is 13.7 Å². The molecule has 7 heteroatoms. The molecule has 0 N–H and O–H groups in total. The normalized spacial score (nSPS) is 15.8. The number of hydrogen-bond donors (Lipinski definition) is 0. The summed E-state index contributed by atoms with van der Waals surface area (Å²) in [4.78, 5) is 26.1. The van der Waals surface area contributed by atoms with E-state index in [0.29, 0.717) is 24.1 Å². The molecule has 31 heavy (non-hydrogen) atoms. The highest BCUT2D eigenvalue weighted by Crippen LogP contribution is 2.40. The van der Waals surface area contributed by atoms with Crippen LogP contribution in [0.2, 0.25) is 0 Å². The van der Waals surface area contributed by atoms with Gasteiger partial charge in [-0.2, -0.15) is 0 Å². The van der Waals surface area contributed by atoms with Crippen molar-refractivity contribution < 1.29 is 9.47 Å². The standard InChI is InChI=1S/C24H23N3O4/c1-25-20-18(23(28)26(2)24(25)29)19(15-7-5-4-6-8-15)27-13-14-31-22(21(20)27)16-9-11-17(30-3)12-10-16/h4-12,22H,13-14H2,1-3H3/t22-/m0/s1. The van der Waals surface area contributed by atoms with Gasteiger partial charge in [-0.25, -0.2) is 4.79 Å². The first-order valence-electron chi connectivity index (χ1n) is 10.2. The molecule has 0 saturated carbocycles. The first-order valence-corrected chi connectivity index (χ1v) is 10.2. The van der Waals surface area contributed by atoms with Crippen LogP contribution >= 0.6 is 0 Å². The van der Waals surface area contributed by atoms with Crippen LogP contribution in [-0.2, 0) is 25.4 Å². The van der Waals surface area contributed by atoms with E-state index in [0.717, 1.165) is 28.3 Å². The average molecular weight is 417 g/mol. The van der Waals surface area contributed by atoms with Crippen LogP contribution in [0.1, 0.15) is 17.4 Å². The summed E-state index contributed by atoms with van der Waals surface area (Å²) in [6, 6.07) is 17.5. The minimum absolute atomic E-state index is 0.299. The smallest absolute Gasteiger partial charge is 0.331 e. The lowest BCUT2D eigenvalue weighted by molar-refractivity contribution is 0.0478. The third-order valence-corrected chi connectivity index (χ3v) is 6.02. The molecule has 0 aliphatic carbocycles. The SMILES string of the molecule is COc1ccc([C@@H]2OCCn3c(-c4ccccc4)c4c(=O)n(C)c(=O)n(C)c4c32)cc1. The number of hydrogen-bond acceptors (Lipinski definition) is 4. The highest BCUT2D eigenvalue weighted by Gasteiger charge is 2.32. The topological polar surface area (TPSA) is 67.4 Å². The van der Waals surface area contributed by atoms with Gasteiger partial charge in [0.15, 0.2) is 0 Å². The first-order chi connectivity index (χ1) is 15.0. The van der Waals surface area contributed by atoms with Crippen LogP contribution in [0.15, 0.2) is 64.2 Å². The van der Waals surface area contributed by atoms with Crippen molar-refractivity contribution in [2.75, 3.05) is 13.7 Å². The summed E-state index contributed by atoms with van der Waals surface area (Å²) in [6.45, 7) is 1.09. The van der Waals surface area contributed by atoms with Gasteiger partial charge in [0.2, 0.25) is 0 Å². The van der Waals surface area contributed by atoms with E-state index in [9.17, 15) is 9.59 Å². The third-order valence-electron chi connectivity index (χ3n) is 6.02. The Labute approximate surface area is 178 Å². The lowest BCUT2D eigenvalue weighted by Gasteiger charge is -2.27. The second-order valence-electron chi connectivity index (χ2n) is 7.70. The van der Waals surface area contributed by atoms with Gasteiger partial charge in [0.1, 0.15) is 11.9 Å². The highest BCUT2D eigenvalue weighted by molar-refractivity contribution is 5.96. The van der Waals surface area contributed by atoms with E-state index >= 15 is 0 Å². The molecule has 0 bridgehead atoms. The molecule has 2 aromatic heterocycles. The van der Waals surface area contributed by atoms with Crippen LogP contribution in [0.3, 0.4) is 0 Å². The molecule has 0 spiro atoms. The Morgan fingerprint density at radius 3 is 2.35 bits per heavy atom. The molecule has 0 fully saturated rings. The maximum absolute atomic E-state index is 13.3. The fraction of sp³-hybridized carbons (Fsp3) is 0.250. The summed E-state index contributed by atoms with van der Waals surface area (Å²) < 4.78 is 16.4. The van der Waals surface area contributed by atoms with Crippen molar-refractivity contribution >= 4 is 10.9 Å². The van der Waals surface area contributed by atoms with Crippen molar-refractivity contribution in [2.45, 2.75) is 12.6 Å². The van der Waals surface area contributed by atoms with Crippen molar-refractivity contribution in [1.29, 1.82) is 0 Å². The van der Waals surface area contributed by atoms with Gasteiger partial charge in [0.05, 0.1) is 36.0 Å². The zero-order chi connectivity index (χ0) is 21.7. The molecule has 0 unspecified atom stereocenters. The summed E-state index contributed by atoms with van der Waals surface area (Å²) in [5, 5.41) is 0.537. The van der Waals surface area contributed by atoms with Crippen molar-refractivity contribution in [2.24, 2.45) is 14.1 Å². The molecule has 3 heterocycles. The number of benzene rings is 2. The van der Waals surface area contributed by atoms with Crippen LogP contribution in [0.4, 0.5) is 0 Å². The Bertz CT molecular complexity index is 1400. The monoisotopic (exact) mass is 417 g/mol.